The smallest absolute Gasteiger partial charge is 0.265 e. The molecule has 0 bridgehead atoms. The van der Waals surface area contributed by atoms with Gasteiger partial charge < -0.3 is 14.2 Å². The van der Waals surface area contributed by atoms with Gasteiger partial charge in [-0.25, -0.2) is 13.9 Å². The van der Waals surface area contributed by atoms with Gasteiger partial charge in [0.25, 0.3) is 5.91 Å². The summed E-state index contributed by atoms with van der Waals surface area (Å²) in [5.74, 6) is -0.412. The highest BCUT2D eigenvalue weighted by atomic mass is 32.2. The van der Waals surface area contributed by atoms with Crippen LogP contribution in [0, 0.1) is 5.41 Å². The zero-order chi connectivity index (χ0) is 20.8. The number of amides is 1. The average Bonchev–Trinajstić information content (AvgIpc) is 2.71. The minimum atomic E-state index is -4.03. The van der Waals surface area contributed by atoms with E-state index >= 15 is 0 Å². The number of ether oxygens (including phenoxy) is 3. The molecule has 2 N–H and O–H groups in total. The molecule has 1 aliphatic heterocycles. The summed E-state index contributed by atoms with van der Waals surface area (Å²) in [6.45, 7) is 7.81. The first kappa shape index (κ1) is 22.6. The summed E-state index contributed by atoms with van der Waals surface area (Å²) in [4.78, 5) is 12.2. The predicted molar refractivity (Wildman–Crippen MR) is 102 cm³/mol. The number of sulfone groups is 1. The number of carbonyl (C=O) groups is 1. The van der Waals surface area contributed by atoms with Crippen LogP contribution >= 0.6 is 0 Å². The monoisotopic (exact) mass is 415 g/mol. The van der Waals surface area contributed by atoms with Crippen LogP contribution in [0.4, 0.5) is 0 Å². The Morgan fingerprint density at radius 1 is 1.21 bits per heavy atom. The lowest BCUT2D eigenvalue weighted by Crippen LogP contribution is -2.54. The van der Waals surface area contributed by atoms with E-state index in [1.54, 1.807) is 12.1 Å². The van der Waals surface area contributed by atoms with Crippen LogP contribution in [0.5, 0.6) is 5.75 Å². The molecule has 9 heteroatoms. The highest BCUT2D eigenvalue weighted by molar-refractivity contribution is 7.93. The quantitative estimate of drug-likeness (QED) is 0.468. The average molecular weight is 416 g/mol. The number of hydroxylamine groups is 1. The summed E-state index contributed by atoms with van der Waals surface area (Å²) in [6, 6.07) is 5.96. The van der Waals surface area contributed by atoms with Gasteiger partial charge >= 0.3 is 0 Å². The molecule has 1 heterocycles. The van der Waals surface area contributed by atoms with Gasteiger partial charge in [-0.3, -0.25) is 10.0 Å². The minimum absolute atomic E-state index is 0.000994. The Morgan fingerprint density at radius 3 is 2.36 bits per heavy atom. The number of carbonyl (C=O) groups excluding carboxylic acids is 1. The van der Waals surface area contributed by atoms with E-state index in [0.29, 0.717) is 25.6 Å². The van der Waals surface area contributed by atoms with Crippen molar-refractivity contribution in [1.82, 2.24) is 5.48 Å². The summed E-state index contributed by atoms with van der Waals surface area (Å²) < 4.78 is 41.0. The molecule has 1 amide bonds. The van der Waals surface area contributed by atoms with Crippen LogP contribution in [0.1, 0.15) is 33.6 Å². The molecule has 1 fully saturated rings. The molecule has 0 spiro atoms. The van der Waals surface area contributed by atoms with E-state index in [-0.39, 0.29) is 36.4 Å². The molecule has 1 aliphatic rings. The van der Waals surface area contributed by atoms with Crippen LogP contribution < -0.4 is 10.2 Å². The molecule has 0 atom stereocenters. The molecule has 0 unspecified atom stereocenters. The summed E-state index contributed by atoms with van der Waals surface area (Å²) >= 11 is 0. The summed E-state index contributed by atoms with van der Waals surface area (Å²) in [7, 11) is -4.03. The minimum Gasteiger partial charge on any atom is -0.493 e. The Labute approximate surface area is 166 Å². The number of hydrogen-bond donors (Lipinski definition) is 2. The topological polar surface area (TPSA) is 111 Å². The lowest BCUT2D eigenvalue weighted by Gasteiger charge is -2.34. The Morgan fingerprint density at radius 2 is 1.82 bits per heavy atom. The molecule has 1 aromatic carbocycles. The third kappa shape index (κ3) is 4.83. The van der Waals surface area contributed by atoms with E-state index < -0.39 is 20.5 Å². The van der Waals surface area contributed by atoms with Crippen LogP contribution in [0.15, 0.2) is 29.2 Å². The molecule has 1 saturated heterocycles. The molecular weight excluding hydrogens is 386 g/mol. The van der Waals surface area contributed by atoms with Crippen LogP contribution in [-0.4, -0.2) is 57.3 Å². The van der Waals surface area contributed by atoms with Gasteiger partial charge in [0.1, 0.15) is 5.75 Å². The van der Waals surface area contributed by atoms with Crippen molar-refractivity contribution in [3.63, 3.8) is 0 Å². The van der Waals surface area contributed by atoms with E-state index in [4.69, 9.17) is 19.4 Å². The van der Waals surface area contributed by atoms with E-state index in [2.05, 4.69) is 0 Å². The van der Waals surface area contributed by atoms with Crippen molar-refractivity contribution in [1.29, 1.82) is 0 Å². The van der Waals surface area contributed by atoms with Gasteiger partial charge in [0, 0.05) is 25.2 Å². The number of benzene rings is 1. The third-order valence-corrected chi connectivity index (χ3v) is 7.31. The van der Waals surface area contributed by atoms with Crippen molar-refractivity contribution < 1.29 is 32.6 Å². The molecule has 0 aromatic heterocycles. The number of nitrogens with one attached hydrogen (secondary N) is 1. The second-order valence-electron chi connectivity index (χ2n) is 7.61. The number of hydrogen-bond acceptors (Lipinski definition) is 7. The summed E-state index contributed by atoms with van der Waals surface area (Å²) in [5, 5.41) is 9.08. The normalized spacial score (nSPS) is 17.1. The molecule has 0 aliphatic carbocycles. The van der Waals surface area contributed by atoms with Crippen LogP contribution in [0.3, 0.4) is 0 Å². The Balaban J connectivity index is 2.17. The molecule has 28 heavy (non-hydrogen) atoms. The fourth-order valence-corrected chi connectivity index (χ4v) is 5.00. The largest absolute Gasteiger partial charge is 0.493 e. The summed E-state index contributed by atoms with van der Waals surface area (Å²) in [6.07, 6.45) is -0.0445. The highest BCUT2D eigenvalue weighted by Gasteiger charge is 2.52. The maximum Gasteiger partial charge on any atom is 0.265 e. The van der Waals surface area contributed by atoms with Gasteiger partial charge in [-0.15, -0.1) is 0 Å². The Bertz CT molecular complexity index is 753. The highest BCUT2D eigenvalue weighted by Crippen LogP contribution is 2.35. The summed E-state index contributed by atoms with van der Waals surface area (Å²) in [5.41, 5.74) is 1.32. The van der Waals surface area contributed by atoms with Crippen molar-refractivity contribution in [2.45, 2.75) is 43.3 Å². The van der Waals surface area contributed by atoms with E-state index in [0.717, 1.165) is 0 Å². The molecule has 8 nitrogen and oxygen atoms in total. The lowest BCUT2D eigenvalue weighted by molar-refractivity contribution is -0.134. The van der Waals surface area contributed by atoms with E-state index in [1.165, 1.54) is 17.6 Å². The Hall–Kier alpha value is -1.68. The zero-order valence-corrected chi connectivity index (χ0v) is 17.4. The van der Waals surface area contributed by atoms with E-state index in [1.807, 2.05) is 20.8 Å². The van der Waals surface area contributed by atoms with Gasteiger partial charge in [-0.2, -0.15) is 0 Å². The second kappa shape index (κ2) is 9.21. The predicted octanol–water partition coefficient (Wildman–Crippen LogP) is 1.96. The van der Waals surface area contributed by atoms with Gasteiger partial charge in [-0.05, 0) is 44.0 Å². The fraction of sp³-hybridized carbons (Fsp3) is 0.632. The molecule has 0 saturated carbocycles. The SMILES string of the molecule is CCOCC(C)(C)COc1ccc(S(=O)(=O)C2(C(=O)NO)CCOCC2)cc1. The molecule has 0 radical (unpaired) electrons. The van der Waals surface area contributed by atoms with Crippen molar-refractivity contribution in [3.8, 4) is 5.75 Å². The van der Waals surface area contributed by atoms with Gasteiger partial charge in [-0.1, -0.05) is 13.8 Å². The maximum absolute atomic E-state index is 13.2. The van der Waals surface area contributed by atoms with Crippen molar-refractivity contribution >= 4 is 15.7 Å². The van der Waals surface area contributed by atoms with Crippen LogP contribution in [0.25, 0.3) is 0 Å². The van der Waals surface area contributed by atoms with Gasteiger partial charge in [0.2, 0.25) is 0 Å². The van der Waals surface area contributed by atoms with Crippen molar-refractivity contribution in [3.05, 3.63) is 24.3 Å². The van der Waals surface area contributed by atoms with Gasteiger partial charge in [0.15, 0.2) is 14.6 Å². The fourth-order valence-electron chi connectivity index (χ4n) is 3.06. The zero-order valence-electron chi connectivity index (χ0n) is 16.6. The van der Waals surface area contributed by atoms with Gasteiger partial charge in [0.05, 0.1) is 18.1 Å². The van der Waals surface area contributed by atoms with Crippen LogP contribution in [0.2, 0.25) is 0 Å². The first-order valence-corrected chi connectivity index (χ1v) is 10.7. The Kier molecular flexibility index (Phi) is 7.44. The molecule has 2 rings (SSSR count). The van der Waals surface area contributed by atoms with Crippen molar-refractivity contribution in [2.75, 3.05) is 33.0 Å². The number of rotatable bonds is 9. The second-order valence-corrected chi connectivity index (χ2v) is 9.87. The standard InChI is InChI=1S/C19H29NO7S/c1-4-25-13-18(2,3)14-27-15-5-7-16(8-6-15)28(23,24)19(17(21)20-22)9-11-26-12-10-19/h5-8,22H,4,9-14H2,1-3H3,(H,20,21). The molecular formula is C19H29NO7S. The van der Waals surface area contributed by atoms with Crippen LogP contribution in [-0.2, 0) is 24.1 Å². The molecule has 158 valence electrons. The maximum atomic E-state index is 13.2. The van der Waals surface area contributed by atoms with Crippen molar-refractivity contribution in [2.24, 2.45) is 5.41 Å². The van der Waals surface area contributed by atoms with E-state index in [9.17, 15) is 13.2 Å². The third-order valence-electron chi connectivity index (χ3n) is 4.79. The molecule has 1 aromatic rings. The first-order valence-electron chi connectivity index (χ1n) is 9.26. The lowest BCUT2D eigenvalue weighted by atomic mass is 9.96. The first-order chi connectivity index (χ1) is 13.2.